The molecule has 3 nitrogen and oxygen atoms in total. The van der Waals surface area contributed by atoms with E-state index >= 15 is 0 Å². The Morgan fingerprint density at radius 3 is 2.43 bits per heavy atom. The number of carbonyl (C=O) groups is 1. The van der Waals surface area contributed by atoms with Gasteiger partial charge in [-0.1, -0.05) is 66.7 Å². The third-order valence-electron chi connectivity index (χ3n) is 4.23. The zero-order chi connectivity index (χ0) is 15.6. The molecule has 1 atom stereocenters. The fraction of sp³-hybridized carbons (Fsp3) is 0.100. The molecule has 0 fully saturated rings. The number of imidazole rings is 1. The average molecular weight is 300 g/mol. The molecule has 3 aromatic rings. The van der Waals surface area contributed by atoms with Gasteiger partial charge in [-0.2, -0.15) is 0 Å². The highest BCUT2D eigenvalue weighted by Gasteiger charge is 2.25. The van der Waals surface area contributed by atoms with Crippen molar-refractivity contribution in [3.63, 3.8) is 0 Å². The summed E-state index contributed by atoms with van der Waals surface area (Å²) < 4.78 is 2.09. The first-order chi connectivity index (χ1) is 11.3. The molecule has 2 aromatic carbocycles. The molecular formula is C20H16N2O. The Bertz CT molecular complexity index is 863. The molecule has 3 heteroatoms. The van der Waals surface area contributed by atoms with E-state index in [0.29, 0.717) is 6.42 Å². The minimum absolute atomic E-state index is 0.0235. The Morgan fingerprint density at radius 1 is 1.00 bits per heavy atom. The standard InChI is InChI=1S/C20H16N2O/c23-20(16-9-5-2-6-10-16)12-17-11-18(15-7-3-1-4-8-15)19-13-21-14-22(17)19/h1-11,13-14,17H,12H2. The molecule has 0 bridgehead atoms. The zero-order valence-electron chi connectivity index (χ0n) is 12.6. The Labute approximate surface area is 134 Å². The van der Waals surface area contributed by atoms with E-state index in [-0.39, 0.29) is 11.8 Å². The summed E-state index contributed by atoms with van der Waals surface area (Å²) in [6.45, 7) is 0. The molecular weight excluding hydrogens is 284 g/mol. The van der Waals surface area contributed by atoms with Gasteiger partial charge in [0.05, 0.1) is 24.3 Å². The first kappa shape index (κ1) is 13.7. The second kappa shape index (κ2) is 5.69. The average Bonchev–Trinajstić information content (AvgIpc) is 3.20. The quantitative estimate of drug-likeness (QED) is 0.679. The maximum absolute atomic E-state index is 12.5. The molecule has 1 aliphatic rings. The predicted molar refractivity (Wildman–Crippen MR) is 90.2 cm³/mol. The minimum atomic E-state index is 0.0235. The number of benzene rings is 2. The number of rotatable bonds is 4. The Hall–Kier alpha value is -2.94. The van der Waals surface area contributed by atoms with Crippen LogP contribution in [0, 0.1) is 0 Å². The highest BCUT2D eigenvalue weighted by molar-refractivity contribution is 5.97. The van der Waals surface area contributed by atoms with Crippen LogP contribution in [-0.2, 0) is 0 Å². The van der Waals surface area contributed by atoms with Crippen LogP contribution in [0.4, 0.5) is 0 Å². The fourth-order valence-corrected chi connectivity index (χ4v) is 3.09. The Morgan fingerprint density at radius 2 is 1.70 bits per heavy atom. The van der Waals surface area contributed by atoms with Crippen molar-refractivity contribution in [2.24, 2.45) is 0 Å². The summed E-state index contributed by atoms with van der Waals surface area (Å²) in [6, 6.07) is 19.7. The van der Waals surface area contributed by atoms with Crippen molar-refractivity contribution in [1.82, 2.24) is 9.55 Å². The summed E-state index contributed by atoms with van der Waals surface area (Å²) in [5.74, 6) is 0.154. The summed E-state index contributed by atoms with van der Waals surface area (Å²) in [4.78, 5) is 16.8. The molecule has 4 rings (SSSR count). The normalized spacial score (nSPS) is 16.0. The lowest BCUT2D eigenvalue weighted by molar-refractivity contribution is 0.0971. The van der Waals surface area contributed by atoms with Crippen LogP contribution in [0.3, 0.4) is 0 Å². The predicted octanol–water partition coefficient (Wildman–Crippen LogP) is 4.14. The van der Waals surface area contributed by atoms with Crippen molar-refractivity contribution < 1.29 is 4.79 Å². The number of hydrogen-bond donors (Lipinski definition) is 0. The van der Waals surface area contributed by atoms with Crippen LogP contribution in [0.5, 0.6) is 0 Å². The number of hydrogen-bond acceptors (Lipinski definition) is 2. The first-order valence-electron chi connectivity index (χ1n) is 7.70. The van der Waals surface area contributed by atoms with E-state index in [4.69, 9.17) is 0 Å². The van der Waals surface area contributed by atoms with Crippen LogP contribution >= 0.6 is 0 Å². The van der Waals surface area contributed by atoms with Crippen molar-refractivity contribution in [2.75, 3.05) is 0 Å². The molecule has 1 aliphatic heterocycles. The van der Waals surface area contributed by atoms with Crippen molar-refractivity contribution in [3.05, 3.63) is 96.1 Å². The second-order valence-corrected chi connectivity index (χ2v) is 5.69. The second-order valence-electron chi connectivity index (χ2n) is 5.69. The van der Waals surface area contributed by atoms with Crippen LogP contribution in [0.15, 0.2) is 79.3 Å². The van der Waals surface area contributed by atoms with Gasteiger partial charge in [0, 0.05) is 17.6 Å². The van der Waals surface area contributed by atoms with E-state index in [9.17, 15) is 4.79 Å². The van der Waals surface area contributed by atoms with Gasteiger partial charge in [0.2, 0.25) is 0 Å². The van der Waals surface area contributed by atoms with E-state index < -0.39 is 0 Å². The summed E-state index contributed by atoms with van der Waals surface area (Å²) in [6.07, 6.45) is 6.30. The maximum Gasteiger partial charge on any atom is 0.165 e. The fourth-order valence-electron chi connectivity index (χ4n) is 3.09. The van der Waals surface area contributed by atoms with Gasteiger partial charge >= 0.3 is 0 Å². The molecule has 0 aliphatic carbocycles. The number of Topliss-reactive ketones (excluding diaryl/α,β-unsaturated/α-hetero) is 1. The lowest BCUT2D eigenvalue weighted by Crippen LogP contribution is -2.09. The van der Waals surface area contributed by atoms with Crippen LogP contribution in [-0.4, -0.2) is 15.3 Å². The van der Waals surface area contributed by atoms with Gasteiger partial charge in [-0.15, -0.1) is 0 Å². The number of carbonyl (C=O) groups excluding carboxylic acids is 1. The number of ketones is 1. The number of aromatic nitrogens is 2. The van der Waals surface area contributed by atoms with Crippen molar-refractivity contribution in [2.45, 2.75) is 12.5 Å². The molecule has 0 saturated carbocycles. The van der Waals surface area contributed by atoms with Crippen molar-refractivity contribution in [1.29, 1.82) is 0 Å². The Kier molecular flexibility index (Phi) is 3.39. The van der Waals surface area contributed by atoms with Crippen molar-refractivity contribution >= 4 is 11.4 Å². The number of nitrogens with zero attached hydrogens (tertiary/aromatic N) is 2. The van der Waals surface area contributed by atoms with Crippen LogP contribution < -0.4 is 0 Å². The molecule has 0 radical (unpaired) electrons. The molecule has 0 N–H and O–H groups in total. The van der Waals surface area contributed by atoms with Gasteiger partial charge < -0.3 is 4.57 Å². The topological polar surface area (TPSA) is 34.9 Å². The molecule has 1 unspecified atom stereocenters. The molecule has 23 heavy (non-hydrogen) atoms. The first-order valence-corrected chi connectivity index (χ1v) is 7.70. The number of allylic oxidation sites excluding steroid dienone is 1. The smallest absolute Gasteiger partial charge is 0.165 e. The highest BCUT2D eigenvalue weighted by Crippen LogP contribution is 2.35. The van der Waals surface area contributed by atoms with E-state index in [1.54, 1.807) is 0 Å². The van der Waals surface area contributed by atoms with Crippen molar-refractivity contribution in [3.8, 4) is 0 Å². The van der Waals surface area contributed by atoms with E-state index in [2.05, 4.69) is 27.8 Å². The van der Waals surface area contributed by atoms with E-state index in [1.165, 1.54) is 0 Å². The lowest BCUT2D eigenvalue weighted by atomic mass is 10.0. The lowest BCUT2D eigenvalue weighted by Gasteiger charge is -2.10. The Balaban J connectivity index is 1.65. The van der Waals surface area contributed by atoms with Gasteiger partial charge in [0.1, 0.15) is 0 Å². The van der Waals surface area contributed by atoms with Gasteiger partial charge in [-0.3, -0.25) is 4.79 Å². The monoisotopic (exact) mass is 300 g/mol. The molecule has 1 aromatic heterocycles. The SMILES string of the molecule is O=C(CC1C=C(c2ccccc2)c2cncn21)c1ccccc1. The summed E-state index contributed by atoms with van der Waals surface area (Å²) in [7, 11) is 0. The van der Waals surface area contributed by atoms with Gasteiger partial charge in [0.25, 0.3) is 0 Å². The minimum Gasteiger partial charge on any atom is -0.323 e. The van der Waals surface area contributed by atoms with E-state index in [1.807, 2.05) is 61.1 Å². The summed E-state index contributed by atoms with van der Waals surface area (Å²) >= 11 is 0. The summed E-state index contributed by atoms with van der Waals surface area (Å²) in [5, 5.41) is 0. The molecule has 2 heterocycles. The largest absolute Gasteiger partial charge is 0.323 e. The van der Waals surface area contributed by atoms with Crippen LogP contribution in [0.2, 0.25) is 0 Å². The third-order valence-corrected chi connectivity index (χ3v) is 4.23. The van der Waals surface area contributed by atoms with Gasteiger partial charge in [-0.05, 0) is 5.56 Å². The third kappa shape index (κ3) is 2.50. The van der Waals surface area contributed by atoms with Crippen LogP contribution in [0.1, 0.15) is 34.1 Å². The highest BCUT2D eigenvalue weighted by atomic mass is 16.1. The molecule has 0 amide bonds. The van der Waals surface area contributed by atoms with E-state index in [0.717, 1.165) is 22.4 Å². The van der Waals surface area contributed by atoms with Gasteiger partial charge in [-0.25, -0.2) is 4.98 Å². The summed E-state index contributed by atoms with van der Waals surface area (Å²) in [5.41, 5.74) is 4.13. The van der Waals surface area contributed by atoms with Crippen LogP contribution in [0.25, 0.3) is 5.57 Å². The zero-order valence-corrected chi connectivity index (χ0v) is 12.6. The molecule has 0 spiro atoms. The molecule has 112 valence electrons. The van der Waals surface area contributed by atoms with Gasteiger partial charge in [0.15, 0.2) is 5.78 Å². The number of fused-ring (bicyclic) bond motifs is 1. The maximum atomic E-state index is 12.5. The molecule has 0 saturated heterocycles.